The minimum absolute atomic E-state index is 0.0461. The molecular weight excluding hydrogens is 414 g/mol. The molecule has 2 heterocycles. The fourth-order valence-corrected chi connectivity index (χ4v) is 4.92. The number of nitrogens with zero attached hydrogens (tertiary/aromatic N) is 4. The van der Waals surface area contributed by atoms with Crippen LogP contribution in [0.25, 0.3) is 27.5 Å². The van der Waals surface area contributed by atoms with Gasteiger partial charge in [-0.2, -0.15) is 5.10 Å². The third-order valence-corrected chi connectivity index (χ3v) is 6.16. The summed E-state index contributed by atoms with van der Waals surface area (Å²) in [7, 11) is 0. The molecule has 0 fully saturated rings. The Bertz CT molecular complexity index is 1310. The molecule has 0 unspecified atom stereocenters. The van der Waals surface area contributed by atoms with E-state index in [9.17, 15) is 14.9 Å². The number of rotatable bonds is 4. The van der Waals surface area contributed by atoms with Crippen LogP contribution in [0.4, 0.5) is 10.8 Å². The fraction of sp³-hybridized carbons (Fsp3) is 0.136. The van der Waals surface area contributed by atoms with Crippen molar-refractivity contribution in [2.45, 2.75) is 19.8 Å². The van der Waals surface area contributed by atoms with Crippen LogP contribution in [0.2, 0.25) is 0 Å². The lowest BCUT2D eigenvalue weighted by Gasteiger charge is -2.14. The minimum Gasteiger partial charge on any atom is -0.302 e. The van der Waals surface area contributed by atoms with Crippen molar-refractivity contribution in [1.29, 1.82) is 0 Å². The van der Waals surface area contributed by atoms with Crippen LogP contribution in [0.15, 0.2) is 54.6 Å². The van der Waals surface area contributed by atoms with E-state index in [1.165, 1.54) is 30.4 Å². The predicted molar refractivity (Wildman–Crippen MR) is 118 cm³/mol. The monoisotopic (exact) mass is 431 g/mol. The maximum Gasteiger partial charge on any atom is 0.269 e. The molecule has 0 aliphatic heterocycles. The highest BCUT2D eigenvalue weighted by Gasteiger charge is 2.30. The van der Waals surface area contributed by atoms with Gasteiger partial charge in [0.15, 0.2) is 5.13 Å². The first kappa shape index (κ1) is 19.1. The number of aromatic nitrogens is 3. The number of para-hydroxylation sites is 1. The molecule has 0 bridgehead atoms. The Hall–Kier alpha value is -3.85. The molecule has 0 radical (unpaired) electrons. The summed E-state index contributed by atoms with van der Waals surface area (Å²) in [6.45, 7) is 1.47. The second-order valence-electron chi connectivity index (χ2n) is 7.20. The molecule has 0 spiro atoms. The van der Waals surface area contributed by atoms with E-state index < -0.39 is 4.92 Å². The third-order valence-electron chi connectivity index (χ3n) is 5.14. The summed E-state index contributed by atoms with van der Waals surface area (Å²) in [5, 5.41) is 19.3. The van der Waals surface area contributed by atoms with Gasteiger partial charge in [-0.25, -0.2) is 9.67 Å². The highest BCUT2D eigenvalue weighted by atomic mass is 32.1. The number of nitro groups is 1. The summed E-state index contributed by atoms with van der Waals surface area (Å²) >= 11 is 1.44. The Labute approximate surface area is 181 Å². The molecule has 8 nitrogen and oxygen atoms in total. The summed E-state index contributed by atoms with van der Waals surface area (Å²) < 4.78 is 1.90. The molecule has 5 rings (SSSR count). The molecule has 4 aromatic rings. The van der Waals surface area contributed by atoms with Crippen LogP contribution >= 0.6 is 11.3 Å². The molecule has 1 aliphatic rings. The van der Waals surface area contributed by atoms with E-state index in [4.69, 9.17) is 5.10 Å². The first-order valence-electron chi connectivity index (χ1n) is 9.71. The normalized spacial score (nSPS) is 12.2. The molecule has 9 heteroatoms. The third kappa shape index (κ3) is 3.38. The van der Waals surface area contributed by atoms with Crippen LogP contribution in [-0.2, 0) is 17.6 Å². The topological polar surface area (TPSA) is 103 Å². The highest BCUT2D eigenvalue weighted by Crippen LogP contribution is 2.44. The van der Waals surface area contributed by atoms with Gasteiger partial charge in [-0.05, 0) is 37.1 Å². The smallest absolute Gasteiger partial charge is 0.269 e. The van der Waals surface area contributed by atoms with E-state index >= 15 is 0 Å². The van der Waals surface area contributed by atoms with Crippen molar-refractivity contribution in [1.82, 2.24) is 14.8 Å². The number of carbonyl (C=O) groups is 1. The van der Waals surface area contributed by atoms with Crippen LogP contribution < -0.4 is 5.32 Å². The maximum absolute atomic E-state index is 11.5. The molecule has 31 heavy (non-hydrogen) atoms. The van der Waals surface area contributed by atoms with Crippen LogP contribution in [0.1, 0.15) is 18.2 Å². The van der Waals surface area contributed by atoms with Crippen molar-refractivity contribution in [3.8, 4) is 27.5 Å². The Balaban J connectivity index is 1.70. The van der Waals surface area contributed by atoms with Gasteiger partial charge in [-0.1, -0.05) is 29.5 Å². The summed E-state index contributed by atoms with van der Waals surface area (Å²) in [5.41, 5.74) is 5.55. The number of carbonyl (C=O) groups excluding carboxylic acids is 1. The number of non-ortho nitro benzene ring substituents is 1. The van der Waals surface area contributed by atoms with Crippen molar-refractivity contribution in [3.05, 3.63) is 76.0 Å². The Kier molecular flexibility index (Phi) is 4.59. The van der Waals surface area contributed by atoms with E-state index in [0.717, 1.165) is 51.6 Å². The first-order chi connectivity index (χ1) is 15.0. The van der Waals surface area contributed by atoms with Gasteiger partial charge in [-0.3, -0.25) is 14.9 Å². The summed E-state index contributed by atoms with van der Waals surface area (Å²) in [6, 6.07) is 16.3. The van der Waals surface area contributed by atoms with E-state index in [-0.39, 0.29) is 11.6 Å². The van der Waals surface area contributed by atoms with Gasteiger partial charge >= 0.3 is 0 Å². The first-order valence-corrected chi connectivity index (χ1v) is 10.5. The zero-order valence-corrected chi connectivity index (χ0v) is 17.3. The molecule has 1 N–H and O–H groups in total. The SMILES string of the molecule is CC(=O)Nc1nc2c(s1)-c1c(c(-c3ccc([N+](=O)[O-])cc3)nn1-c1ccccc1)CC2. The molecule has 0 saturated carbocycles. The molecular formula is C22H17N5O3S. The quantitative estimate of drug-likeness (QED) is 0.375. The number of anilines is 1. The molecule has 2 aromatic heterocycles. The summed E-state index contributed by atoms with van der Waals surface area (Å²) in [6.07, 6.45) is 1.48. The number of fused-ring (bicyclic) bond motifs is 3. The number of aryl methyl sites for hydroxylation is 1. The lowest BCUT2D eigenvalue weighted by Crippen LogP contribution is -2.06. The zero-order chi connectivity index (χ0) is 21.5. The number of nitrogens with one attached hydrogen (secondary N) is 1. The zero-order valence-electron chi connectivity index (χ0n) is 16.5. The maximum atomic E-state index is 11.5. The van der Waals surface area contributed by atoms with Crippen LogP contribution in [-0.4, -0.2) is 25.6 Å². The van der Waals surface area contributed by atoms with Crippen LogP contribution in [0, 0.1) is 10.1 Å². The van der Waals surface area contributed by atoms with Crippen molar-refractivity contribution < 1.29 is 9.72 Å². The Morgan fingerprint density at radius 1 is 1.13 bits per heavy atom. The van der Waals surface area contributed by atoms with E-state index in [1.807, 2.05) is 35.0 Å². The van der Waals surface area contributed by atoms with Gasteiger partial charge in [0.25, 0.3) is 5.69 Å². The highest BCUT2D eigenvalue weighted by molar-refractivity contribution is 7.19. The van der Waals surface area contributed by atoms with Crippen LogP contribution in [0.3, 0.4) is 0 Å². The van der Waals surface area contributed by atoms with Crippen molar-refractivity contribution in [2.75, 3.05) is 5.32 Å². The Morgan fingerprint density at radius 2 is 1.87 bits per heavy atom. The minimum atomic E-state index is -0.408. The van der Waals surface area contributed by atoms with Crippen molar-refractivity contribution >= 4 is 28.1 Å². The van der Waals surface area contributed by atoms with Crippen LogP contribution in [0.5, 0.6) is 0 Å². The molecule has 1 aliphatic carbocycles. The average molecular weight is 431 g/mol. The van der Waals surface area contributed by atoms with E-state index in [1.54, 1.807) is 12.1 Å². The summed E-state index contributed by atoms with van der Waals surface area (Å²) in [4.78, 5) is 27.7. The van der Waals surface area contributed by atoms with E-state index in [0.29, 0.717) is 5.13 Å². The molecule has 2 aromatic carbocycles. The second kappa shape index (κ2) is 7.44. The van der Waals surface area contributed by atoms with Gasteiger partial charge in [-0.15, -0.1) is 0 Å². The molecule has 0 atom stereocenters. The number of amides is 1. The van der Waals surface area contributed by atoms with Gasteiger partial charge in [0, 0.05) is 30.2 Å². The second-order valence-corrected chi connectivity index (χ2v) is 8.20. The lowest BCUT2D eigenvalue weighted by molar-refractivity contribution is -0.384. The largest absolute Gasteiger partial charge is 0.302 e. The predicted octanol–water partition coefficient (Wildman–Crippen LogP) is 4.63. The number of nitro benzene ring substituents is 1. The van der Waals surface area contributed by atoms with Gasteiger partial charge in [0.05, 0.1) is 32.6 Å². The standard InChI is InChI=1S/C22H17N5O3S/c1-13(28)23-22-24-18-12-11-17-19(14-7-9-16(10-8-14)27(29)30)25-26(20(17)21(18)31-22)15-5-3-2-4-6-15/h2-10H,11-12H2,1H3,(H,23,24,28). The Morgan fingerprint density at radius 3 is 2.55 bits per heavy atom. The van der Waals surface area contributed by atoms with Gasteiger partial charge in [0.2, 0.25) is 5.91 Å². The van der Waals surface area contributed by atoms with Crippen molar-refractivity contribution in [2.24, 2.45) is 0 Å². The van der Waals surface area contributed by atoms with Gasteiger partial charge < -0.3 is 5.32 Å². The summed E-state index contributed by atoms with van der Waals surface area (Å²) in [5.74, 6) is -0.158. The number of hydrogen-bond acceptors (Lipinski definition) is 6. The molecule has 1 amide bonds. The molecule has 0 saturated heterocycles. The van der Waals surface area contributed by atoms with E-state index in [2.05, 4.69) is 10.3 Å². The lowest BCUT2D eigenvalue weighted by atomic mass is 9.95. The fourth-order valence-electron chi connectivity index (χ4n) is 3.80. The molecule has 154 valence electrons. The van der Waals surface area contributed by atoms with Gasteiger partial charge in [0.1, 0.15) is 0 Å². The number of benzene rings is 2. The van der Waals surface area contributed by atoms with Crippen molar-refractivity contribution in [3.63, 3.8) is 0 Å². The average Bonchev–Trinajstić information content (AvgIpc) is 3.34. The number of hydrogen-bond donors (Lipinski definition) is 1. The number of thiazole rings is 1.